The van der Waals surface area contributed by atoms with Crippen LogP contribution in [0.2, 0.25) is 0 Å². The number of hydrogen-bond acceptors (Lipinski definition) is 5. The summed E-state index contributed by atoms with van der Waals surface area (Å²) in [5.74, 6) is 0.148. The number of likely N-dealkylation sites (tertiary alicyclic amines) is 1. The topological polar surface area (TPSA) is 102 Å². The highest BCUT2D eigenvalue weighted by Crippen LogP contribution is 2.25. The van der Waals surface area contributed by atoms with E-state index in [9.17, 15) is 14.9 Å². The summed E-state index contributed by atoms with van der Waals surface area (Å²) in [5, 5.41) is 14.2. The SMILES string of the molecule is CC1CCN(CCCNc2ccc(C(N)=O)cc2[N+](=O)[O-])CC1. The van der Waals surface area contributed by atoms with Crippen LogP contribution in [0.25, 0.3) is 0 Å². The number of hydrogen-bond donors (Lipinski definition) is 2. The first-order valence-corrected chi connectivity index (χ1v) is 8.02. The number of rotatable bonds is 7. The van der Waals surface area contributed by atoms with E-state index >= 15 is 0 Å². The van der Waals surface area contributed by atoms with Crippen molar-refractivity contribution in [2.75, 3.05) is 31.5 Å². The van der Waals surface area contributed by atoms with Gasteiger partial charge in [0.05, 0.1) is 4.92 Å². The second-order valence-electron chi connectivity index (χ2n) is 6.16. The van der Waals surface area contributed by atoms with Gasteiger partial charge in [0.15, 0.2) is 0 Å². The molecule has 0 aromatic heterocycles. The largest absolute Gasteiger partial charge is 0.379 e. The van der Waals surface area contributed by atoms with Gasteiger partial charge in [-0.2, -0.15) is 0 Å². The molecule has 1 aromatic carbocycles. The molecular formula is C16H24N4O3. The zero-order valence-electron chi connectivity index (χ0n) is 13.5. The first-order valence-electron chi connectivity index (χ1n) is 8.02. The van der Waals surface area contributed by atoms with Crippen molar-refractivity contribution in [2.45, 2.75) is 26.2 Å². The van der Waals surface area contributed by atoms with E-state index in [1.807, 2.05) is 0 Å². The summed E-state index contributed by atoms with van der Waals surface area (Å²) in [7, 11) is 0. The molecule has 1 saturated heterocycles. The molecule has 3 N–H and O–H groups in total. The molecule has 0 saturated carbocycles. The van der Waals surface area contributed by atoms with Crippen LogP contribution in [-0.4, -0.2) is 41.9 Å². The van der Waals surface area contributed by atoms with Gasteiger partial charge in [0.25, 0.3) is 5.69 Å². The number of nitro groups is 1. The maximum Gasteiger partial charge on any atom is 0.293 e. The first kappa shape index (κ1) is 17.2. The lowest BCUT2D eigenvalue weighted by atomic mass is 9.99. The van der Waals surface area contributed by atoms with Crippen LogP contribution >= 0.6 is 0 Å². The van der Waals surface area contributed by atoms with Crippen LogP contribution in [0, 0.1) is 16.0 Å². The van der Waals surface area contributed by atoms with E-state index < -0.39 is 10.8 Å². The molecule has 0 aliphatic carbocycles. The van der Waals surface area contributed by atoms with E-state index in [0.717, 1.165) is 32.0 Å². The summed E-state index contributed by atoms with van der Waals surface area (Å²) in [5.41, 5.74) is 5.61. The maximum atomic E-state index is 11.1. The lowest BCUT2D eigenvalue weighted by Crippen LogP contribution is -2.34. The van der Waals surface area contributed by atoms with Crippen molar-refractivity contribution >= 4 is 17.3 Å². The monoisotopic (exact) mass is 320 g/mol. The Morgan fingerprint density at radius 1 is 1.43 bits per heavy atom. The molecule has 1 amide bonds. The Morgan fingerprint density at radius 3 is 2.74 bits per heavy atom. The predicted molar refractivity (Wildman–Crippen MR) is 89.6 cm³/mol. The van der Waals surface area contributed by atoms with E-state index in [-0.39, 0.29) is 11.3 Å². The standard InChI is InChI=1S/C16H24N4O3/c1-12-5-9-19(10-6-12)8-2-7-18-14-4-3-13(16(17)21)11-15(14)20(22)23/h3-4,11-12,18H,2,5-10H2,1H3,(H2,17,21). The number of piperidine rings is 1. The van der Waals surface area contributed by atoms with E-state index in [4.69, 9.17) is 5.73 Å². The van der Waals surface area contributed by atoms with Crippen molar-refractivity contribution in [2.24, 2.45) is 11.7 Å². The van der Waals surface area contributed by atoms with Crippen LogP contribution < -0.4 is 11.1 Å². The van der Waals surface area contributed by atoms with Crippen molar-refractivity contribution in [3.8, 4) is 0 Å². The van der Waals surface area contributed by atoms with E-state index in [1.165, 1.54) is 25.0 Å². The van der Waals surface area contributed by atoms with Gasteiger partial charge in [-0.25, -0.2) is 0 Å². The Morgan fingerprint density at radius 2 is 2.13 bits per heavy atom. The van der Waals surface area contributed by atoms with Crippen molar-refractivity contribution in [1.29, 1.82) is 0 Å². The zero-order chi connectivity index (χ0) is 16.8. The first-order chi connectivity index (χ1) is 11.0. The molecule has 0 spiro atoms. The molecule has 126 valence electrons. The number of anilines is 1. The minimum Gasteiger partial charge on any atom is -0.379 e. The number of nitrogens with zero attached hydrogens (tertiary/aromatic N) is 2. The van der Waals surface area contributed by atoms with Crippen LogP contribution in [-0.2, 0) is 0 Å². The molecule has 1 fully saturated rings. The minimum absolute atomic E-state index is 0.118. The van der Waals surface area contributed by atoms with Gasteiger partial charge in [-0.3, -0.25) is 14.9 Å². The Kier molecular flexibility index (Phi) is 5.92. The predicted octanol–water partition coefficient (Wildman–Crippen LogP) is 2.23. The van der Waals surface area contributed by atoms with Crippen LogP contribution in [0.5, 0.6) is 0 Å². The van der Waals surface area contributed by atoms with Crippen LogP contribution in [0.1, 0.15) is 36.5 Å². The fraction of sp³-hybridized carbons (Fsp3) is 0.562. The third-order valence-electron chi connectivity index (χ3n) is 4.32. The fourth-order valence-corrected chi connectivity index (χ4v) is 2.80. The van der Waals surface area contributed by atoms with Crippen molar-refractivity contribution in [1.82, 2.24) is 4.90 Å². The lowest BCUT2D eigenvalue weighted by Gasteiger charge is -2.30. The van der Waals surface area contributed by atoms with E-state index in [0.29, 0.717) is 12.2 Å². The van der Waals surface area contributed by atoms with Gasteiger partial charge >= 0.3 is 0 Å². The number of nitrogens with one attached hydrogen (secondary N) is 1. The highest BCUT2D eigenvalue weighted by atomic mass is 16.6. The molecule has 0 radical (unpaired) electrons. The number of nitrogens with two attached hydrogens (primary N) is 1. The van der Waals surface area contributed by atoms with Crippen LogP contribution in [0.3, 0.4) is 0 Å². The molecule has 1 aromatic rings. The molecule has 23 heavy (non-hydrogen) atoms. The van der Waals surface area contributed by atoms with E-state index in [2.05, 4.69) is 17.1 Å². The second-order valence-corrected chi connectivity index (χ2v) is 6.16. The van der Waals surface area contributed by atoms with Gasteiger partial charge in [-0.1, -0.05) is 6.92 Å². The van der Waals surface area contributed by atoms with Crippen molar-refractivity contribution in [3.63, 3.8) is 0 Å². The van der Waals surface area contributed by atoms with Gasteiger partial charge in [0.2, 0.25) is 5.91 Å². The maximum absolute atomic E-state index is 11.1. The molecule has 7 nitrogen and oxygen atoms in total. The average Bonchev–Trinajstić information content (AvgIpc) is 2.53. The van der Waals surface area contributed by atoms with Gasteiger partial charge in [-0.05, 0) is 56.9 Å². The Hall–Kier alpha value is -2.15. The number of carbonyl (C=O) groups is 1. The number of primary amides is 1. The molecule has 0 bridgehead atoms. The minimum atomic E-state index is -0.668. The third-order valence-corrected chi connectivity index (χ3v) is 4.32. The summed E-state index contributed by atoms with van der Waals surface area (Å²) >= 11 is 0. The summed E-state index contributed by atoms with van der Waals surface area (Å²) in [6, 6.07) is 4.27. The molecule has 2 rings (SSSR count). The lowest BCUT2D eigenvalue weighted by molar-refractivity contribution is -0.384. The Labute approximate surface area is 136 Å². The van der Waals surface area contributed by atoms with E-state index in [1.54, 1.807) is 6.07 Å². The quantitative estimate of drug-likeness (QED) is 0.456. The third kappa shape index (κ3) is 4.92. The number of benzene rings is 1. The van der Waals surface area contributed by atoms with Crippen molar-refractivity contribution in [3.05, 3.63) is 33.9 Å². The summed E-state index contributed by atoms with van der Waals surface area (Å²) in [4.78, 5) is 24.2. The van der Waals surface area contributed by atoms with Gasteiger partial charge in [0, 0.05) is 18.2 Å². The molecule has 0 atom stereocenters. The Bertz CT molecular complexity index is 568. The summed E-state index contributed by atoms with van der Waals surface area (Å²) in [6.07, 6.45) is 3.41. The normalized spacial score (nSPS) is 16.2. The average molecular weight is 320 g/mol. The summed E-state index contributed by atoms with van der Waals surface area (Å²) < 4.78 is 0. The molecular weight excluding hydrogens is 296 g/mol. The highest BCUT2D eigenvalue weighted by molar-refractivity contribution is 5.94. The van der Waals surface area contributed by atoms with Crippen LogP contribution in [0.4, 0.5) is 11.4 Å². The van der Waals surface area contributed by atoms with Crippen LogP contribution in [0.15, 0.2) is 18.2 Å². The molecule has 1 aliphatic heterocycles. The summed E-state index contributed by atoms with van der Waals surface area (Å²) in [6.45, 7) is 6.20. The molecule has 0 unspecified atom stereocenters. The van der Waals surface area contributed by atoms with Crippen molar-refractivity contribution < 1.29 is 9.72 Å². The van der Waals surface area contributed by atoms with Gasteiger partial charge in [-0.15, -0.1) is 0 Å². The Balaban J connectivity index is 1.85. The molecule has 7 heteroatoms. The van der Waals surface area contributed by atoms with Gasteiger partial charge < -0.3 is 16.0 Å². The van der Waals surface area contributed by atoms with Gasteiger partial charge in [0.1, 0.15) is 5.69 Å². The second kappa shape index (κ2) is 7.92. The zero-order valence-corrected chi connectivity index (χ0v) is 13.5. The molecule has 1 aliphatic rings. The number of amides is 1. The fourth-order valence-electron chi connectivity index (χ4n) is 2.80. The molecule has 1 heterocycles. The highest BCUT2D eigenvalue weighted by Gasteiger charge is 2.17. The number of nitro benzene ring substituents is 1. The number of carbonyl (C=O) groups excluding carboxylic acids is 1. The smallest absolute Gasteiger partial charge is 0.293 e.